The van der Waals surface area contributed by atoms with E-state index in [1.165, 1.54) is 0 Å². The summed E-state index contributed by atoms with van der Waals surface area (Å²) in [7, 11) is 0. The van der Waals surface area contributed by atoms with E-state index in [1.807, 2.05) is 32.9 Å². The Morgan fingerprint density at radius 1 is 1.21 bits per heavy atom. The molecular weight excluding hydrogens is 246 g/mol. The minimum Gasteiger partial charge on any atom is -0.481 e. The van der Waals surface area contributed by atoms with Crippen LogP contribution in [0.1, 0.15) is 43.6 Å². The van der Waals surface area contributed by atoms with Gasteiger partial charge in [-0.15, -0.1) is 0 Å². The molecule has 0 aromatic heterocycles. The number of carboxylic acids is 1. The van der Waals surface area contributed by atoms with Crippen LogP contribution in [0.3, 0.4) is 0 Å². The van der Waals surface area contributed by atoms with Gasteiger partial charge < -0.3 is 15.6 Å². The van der Waals surface area contributed by atoms with E-state index in [0.717, 1.165) is 12.5 Å². The topological polar surface area (TPSA) is 89.6 Å². The van der Waals surface area contributed by atoms with Crippen LogP contribution >= 0.6 is 0 Å². The lowest BCUT2D eigenvalue weighted by molar-refractivity contribution is -0.134. The quantitative estimate of drug-likeness (QED) is 0.802. The fourth-order valence-electron chi connectivity index (χ4n) is 1.11. The molecule has 19 heavy (non-hydrogen) atoms. The van der Waals surface area contributed by atoms with Crippen LogP contribution in [0.5, 0.6) is 0 Å². The molecule has 0 saturated heterocycles. The average molecular weight is 267 g/mol. The molecule has 0 saturated carbocycles. The van der Waals surface area contributed by atoms with Crippen molar-refractivity contribution >= 4 is 11.9 Å². The normalized spacial score (nSPS) is 10.2. The SMILES string of the molecule is CC(=O)O.CC(C)(C)OC(=O)c1ccc(CN)cc1. The minimum atomic E-state index is -0.833. The highest BCUT2D eigenvalue weighted by Crippen LogP contribution is 2.12. The van der Waals surface area contributed by atoms with Crippen LogP contribution in [0.25, 0.3) is 0 Å². The van der Waals surface area contributed by atoms with Gasteiger partial charge in [-0.1, -0.05) is 12.1 Å². The molecule has 0 bridgehead atoms. The Balaban J connectivity index is 0.000000711. The smallest absolute Gasteiger partial charge is 0.338 e. The number of carboxylic acid groups (broad SMARTS) is 1. The van der Waals surface area contributed by atoms with Crippen molar-refractivity contribution in [3.8, 4) is 0 Å². The molecule has 0 amide bonds. The van der Waals surface area contributed by atoms with Gasteiger partial charge in [0.25, 0.3) is 5.97 Å². The molecule has 5 heteroatoms. The van der Waals surface area contributed by atoms with Crippen LogP contribution in [0.15, 0.2) is 24.3 Å². The third-order valence-corrected chi connectivity index (χ3v) is 1.82. The number of hydrogen-bond donors (Lipinski definition) is 2. The van der Waals surface area contributed by atoms with E-state index >= 15 is 0 Å². The van der Waals surface area contributed by atoms with Crippen molar-refractivity contribution in [1.82, 2.24) is 0 Å². The summed E-state index contributed by atoms with van der Waals surface area (Å²) in [5, 5.41) is 7.42. The van der Waals surface area contributed by atoms with E-state index in [2.05, 4.69) is 0 Å². The van der Waals surface area contributed by atoms with Crippen molar-refractivity contribution in [2.75, 3.05) is 0 Å². The molecule has 1 aromatic carbocycles. The van der Waals surface area contributed by atoms with Gasteiger partial charge in [0.1, 0.15) is 5.60 Å². The second kappa shape index (κ2) is 7.53. The van der Waals surface area contributed by atoms with Gasteiger partial charge in [0.05, 0.1) is 5.56 Å². The summed E-state index contributed by atoms with van der Waals surface area (Å²) in [5.74, 6) is -1.13. The predicted octanol–water partition coefficient (Wildman–Crippen LogP) is 2.19. The molecule has 0 spiro atoms. The third-order valence-electron chi connectivity index (χ3n) is 1.82. The molecule has 0 atom stereocenters. The van der Waals surface area contributed by atoms with Crippen LogP contribution in [0.2, 0.25) is 0 Å². The minimum absolute atomic E-state index is 0.300. The highest BCUT2D eigenvalue weighted by Gasteiger charge is 2.17. The lowest BCUT2D eigenvalue weighted by Gasteiger charge is -2.19. The van der Waals surface area contributed by atoms with Crippen LogP contribution < -0.4 is 5.73 Å². The molecule has 0 radical (unpaired) electrons. The van der Waals surface area contributed by atoms with Crippen LogP contribution in [-0.2, 0) is 16.1 Å². The van der Waals surface area contributed by atoms with E-state index in [9.17, 15) is 4.79 Å². The summed E-state index contributed by atoms with van der Waals surface area (Å²) in [6, 6.07) is 7.13. The highest BCUT2D eigenvalue weighted by atomic mass is 16.6. The molecule has 0 fully saturated rings. The van der Waals surface area contributed by atoms with Gasteiger partial charge in [0.15, 0.2) is 0 Å². The first-order valence-electron chi connectivity index (χ1n) is 5.87. The van der Waals surface area contributed by atoms with Crippen LogP contribution in [-0.4, -0.2) is 22.6 Å². The van der Waals surface area contributed by atoms with Gasteiger partial charge in [0.2, 0.25) is 0 Å². The summed E-state index contributed by atoms with van der Waals surface area (Å²) in [6.45, 7) is 7.10. The lowest BCUT2D eigenvalue weighted by Crippen LogP contribution is -2.23. The molecule has 0 aliphatic heterocycles. The molecule has 5 nitrogen and oxygen atoms in total. The standard InChI is InChI=1S/C12H17NO2.C2H4O2/c1-12(2,3)15-11(14)10-6-4-9(8-13)5-7-10;1-2(3)4/h4-7H,8,13H2,1-3H3;1H3,(H,3,4). The van der Waals surface area contributed by atoms with Gasteiger partial charge in [-0.2, -0.15) is 0 Å². The van der Waals surface area contributed by atoms with Gasteiger partial charge in [0, 0.05) is 13.5 Å². The van der Waals surface area contributed by atoms with Crippen LogP contribution in [0, 0.1) is 0 Å². The van der Waals surface area contributed by atoms with Crippen molar-refractivity contribution < 1.29 is 19.4 Å². The van der Waals surface area contributed by atoms with Gasteiger partial charge in [-0.25, -0.2) is 4.79 Å². The molecule has 0 heterocycles. The summed E-state index contributed by atoms with van der Waals surface area (Å²) < 4.78 is 5.23. The predicted molar refractivity (Wildman–Crippen MR) is 72.8 cm³/mol. The Labute approximate surface area is 113 Å². The zero-order valence-corrected chi connectivity index (χ0v) is 11.8. The number of carbonyl (C=O) groups is 2. The molecule has 1 rings (SSSR count). The molecular formula is C14H21NO4. The Hall–Kier alpha value is -1.88. The van der Waals surface area contributed by atoms with E-state index < -0.39 is 11.6 Å². The monoisotopic (exact) mass is 267 g/mol. The Morgan fingerprint density at radius 2 is 1.63 bits per heavy atom. The Kier molecular flexibility index (Phi) is 6.79. The number of carbonyl (C=O) groups excluding carboxylic acids is 1. The molecule has 0 aliphatic rings. The highest BCUT2D eigenvalue weighted by molar-refractivity contribution is 5.89. The second-order valence-electron chi connectivity index (χ2n) is 4.92. The number of aliphatic carboxylic acids is 1. The number of hydrogen-bond acceptors (Lipinski definition) is 4. The fraction of sp³-hybridized carbons (Fsp3) is 0.429. The first-order chi connectivity index (χ1) is 8.65. The number of ether oxygens (including phenoxy) is 1. The zero-order valence-electron chi connectivity index (χ0n) is 11.8. The number of esters is 1. The van der Waals surface area contributed by atoms with E-state index in [-0.39, 0.29) is 5.97 Å². The number of nitrogens with two attached hydrogens (primary N) is 1. The maximum atomic E-state index is 11.6. The fourth-order valence-corrected chi connectivity index (χ4v) is 1.11. The molecule has 0 unspecified atom stereocenters. The van der Waals surface area contributed by atoms with E-state index in [1.54, 1.807) is 12.1 Å². The van der Waals surface area contributed by atoms with E-state index in [0.29, 0.717) is 12.1 Å². The summed E-state index contributed by atoms with van der Waals surface area (Å²) in [5.41, 5.74) is 6.57. The van der Waals surface area contributed by atoms with Crippen molar-refractivity contribution in [1.29, 1.82) is 0 Å². The number of benzene rings is 1. The maximum Gasteiger partial charge on any atom is 0.338 e. The lowest BCUT2D eigenvalue weighted by atomic mass is 10.1. The molecule has 3 N–H and O–H groups in total. The summed E-state index contributed by atoms with van der Waals surface area (Å²) >= 11 is 0. The third kappa shape index (κ3) is 8.79. The van der Waals surface area contributed by atoms with Crippen molar-refractivity contribution in [3.63, 3.8) is 0 Å². The zero-order chi connectivity index (χ0) is 15.1. The number of rotatable bonds is 2. The largest absolute Gasteiger partial charge is 0.481 e. The van der Waals surface area contributed by atoms with Crippen molar-refractivity contribution in [2.45, 2.75) is 39.8 Å². The van der Waals surface area contributed by atoms with E-state index in [4.69, 9.17) is 20.4 Å². The van der Waals surface area contributed by atoms with Crippen molar-refractivity contribution in [2.24, 2.45) is 5.73 Å². The maximum absolute atomic E-state index is 11.6. The summed E-state index contributed by atoms with van der Waals surface area (Å²) in [4.78, 5) is 20.6. The first-order valence-corrected chi connectivity index (χ1v) is 5.87. The summed E-state index contributed by atoms with van der Waals surface area (Å²) in [6.07, 6.45) is 0. The molecule has 1 aromatic rings. The van der Waals surface area contributed by atoms with Gasteiger partial charge in [-0.05, 0) is 38.5 Å². The molecule has 106 valence electrons. The first kappa shape index (κ1) is 17.1. The molecule has 0 aliphatic carbocycles. The average Bonchev–Trinajstić information content (AvgIpc) is 2.26. The van der Waals surface area contributed by atoms with Gasteiger partial charge in [-0.3, -0.25) is 4.79 Å². The van der Waals surface area contributed by atoms with Crippen LogP contribution in [0.4, 0.5) is 0 Å². The van der Waals surface area contributed by atoms with Crippen molar-refractivity contribution in [3.05, 3.63) is 35.4 Å². The Morgan fingerprint density at radius 3 is 1.95 bits per heavy atom. The second-order valence-corrected chi connectivity index (χ2v) is 4.92. The Bertz CT molecular complexity index is 414. The van der Waals surface area contributed by atoms with Gasteiger partial charge >= 0.3 is 5.97 Å².